The standard InChI is InChI=1S/C21H27N7O/c1-22-21(23-13-16-6-4-7-17(12-16)20-25-15-26-27-20)24-14-18(19-8-5-11-29-19)28-9-2-3-10-28/h4-8,11-12,15,18H,2-3,9-10,13-14H2,1H3,(H2,22,23,24)(H,25,26,27). The van der Waals surface area contributed by atoms with Crippen molar-refractivity contribution in [2.24, 2.45) is 4.99 Å². The first kappa shape index (κ1) is 19.2. The summed E-state index contributed by atoms with van der Waals surface area (Å²) in [5.74, 6) is 2.53. The largest absolute Gasteiger partial charge is 0.468 e. The first-order chi connectivity index (χ1) is 14.3. The number of aromatic nitrogens is 3. The predicted molar refractivity (Wildman–Crippen MR) is 112 cm³/mol. The molecule has 3 N–H and O–H groups in total. The van der Waals surface area contributed by atoms with E-state index in [-0.39, 0.29) is 6.04 Å². The molecule has 1 unspecified atom stereocenters. The van der Waals surface area contributed by atoms with Gasteiger partial charge in [0.1, 0.15) is 12.1 Å². The van der Waals surface area contributed by atoms with Crippen LogP contribution in [0.25, 0.3) is 11.4 Å². The Morgan fingerprint density at radius 1 is 1.24 bits per heavy atom. The van der Waals surface area contributed by atoms with Gasteiger partial charge in [-0.3, -0.25) is 15.0 Å². The number of H-pyrrole nitrogens is 1. The number of rotatable bonds is 7. The van der Waals surface area contributed by atoms with Gasteiger partial charge in [0.05, 0.1) is 12.3 Å². The summed E-state index contributed by atoms with van der Waals surface area (Å²) in [5, 5.41) is 13.7. The van der Waals surface area contributed by atoms with Crippen molar-refractivity contribution >= 4 is 5.96 Å². The lowest BCUT2D eigenvalue weighted by Gasteiger charge is -2.26. The molecular formula is C21H27N7O. The summed E-state index contributed by atoms with van der Waals surface area (Å²) in [5.41, 5.74) is 2.15. The van der Waals surface area contributed by atoms with Crippen LogP contribution >= 0.6 is 0 Å². The van der Waals surface area contributed by atoms with Crippen LogP contribution in [0.15, 0.2) is 58.4 Å². The van der Waals surface area contributed by atoms with Crippen LogP contribution in [0.1, 0.15) is 30.2 Å². The maximum Gasteiger partial charge on any atom is 0.191 e. The molecule has 1 aliphatic rings. The van der Waals surface area contributed by atoms with Crippen LogP contribution in [-0.4, -0.2) is 52.7 Å². The Bertz CT molecular complexity index is 899. The summed E-state index contributed by atoms with van der Waals surface area (Å²) >= 11 is 0. The molecule has 1 aliphatic heterocycles. The van der Waals surface area contributed by atoms with Gasteiger partial charge in [-0.05, 0) is 49.7 Å². The van der Waals surface area contributed by atoms with Gasteiger partial charge >= 0.3 is 0 Å². The molecule has 152 valence electrons. The summed E-state index contributed by atoms with van der Waals surface area (Å²) in [4.78, 5) is 11.1. The number of likely N-dealkylation sites (tertiary alicyclic amines) is 1. The van der Waals surface area contributed by atoms with E-state index in [9.17, 15) is 0 Å². The number of hydrogen-bond donors (Lipinski definition) is 3. The molecule has 0 aliphatic carbocycles. The van der Waals surface area contributed by atoms with E-state index in [0.29, 0.717) is 6.54 Å². The molecule has 0 radical (unpaired) electrons. The molecule has 8 heteroatoms. The molecule has 0 spiro atoms. The maximum absolute atomic E-state index is 5.70. The zero-order valence-corrected chi connectivity index (χ0v) is 16.6. The molecule has 8 nitrogen and oxygen atoms in total. The number of guanidine groups is 1. The molecule has 1 fully saturated rings. The van der Waals surface area contributed by atoms with Crippen LogP contribution < -0.4 is 10.6 Å². The van der Waals surface area contributed by atoms with E-state index in [1.54, 1.807) is 13.3 Å². The third kappa shape index (κ3) is 4.83. The van der Waals surface area contributed by atoms with Gasteiger partial charge in [0.2, 0.25) is 0 Å². The Hall–Kier alpha value is -3.13. The lowest BCUT2D eigenvalue weighted by molar-refractivity contribution is 0.215. The van der Waals surface area contributed by atoms with Crippen LogP contribution in [0.4, 0.5) is 0 Å². The van der Waals surface area contributed by atoms with Crippen molar-refractivity contribution in [2.75, 3.05) is 26.7 Å². The highest BCUT2D eigenvalue weighted by molar-refractivity contribution is 5.79. The van der Waals surface area contributed by atoms with E-state index in [0.717, 1.165) is 48.3 Å². The van der Waals surface area contributed by atoms with Crippen molar-refractivity contribution in [3.63, 3.8) is 0 Å². The molecule has 1 atom stereocenters. The minimum atomic E-state index is 0.209. The predicted octanol–water partition coefficient (Wildman–Crippen LogP) is 2.57. The highest BCUT2D eigenvalue weighted by Crippen LogP contribution is 2.24. The van der Waals surface area contributed by atoms with Gasteiger partial charge < -0.3 is 15.1 Å². The van der Waals surface area contributed by atoms with Gasteiger partial charge in [0.15, 0.2) is 11.8 Å². The third-order valence-corrected chi connectivity index (χ3v) is 5.21. The second-order valence-electron chi connectivity index (χ2n) is 7.12. The second kappa shape index (κ2) is 9.38. The van der Waals surface area contributed by atoms with Gasteiger partial charge in [-0.1, -0.05) is 18.2 Å². The molecule has 1 aromatic carbocycles. The van der Waals surface area contributed by atoms with Crippen molar-refractivity contribution in [3.05, 3.63) is 60.3 Å². The van der Waals surface area contributed by atoms with Crippen LogP contribution in [0.5, 0.6) is 0 Å². The molecule has 0 amide bonds. The lowest BCUT2D eigenvalue weighted by atomic mass is 10.1. The van der Waals surface area contributed by atoms with E-state index in [4.69, 9.17) is 4.42 Å². The zero-order valence-electron chi connectivity index (χ0n) is 16.6. The summed E-state index contributed by atoms with van der Waals surface area (Å²) in [6.45, 7) is 3.61. The molecule has 29 heavy (non-hydrogen) atoms. The summed E-state index contributed by atoms with van der Waals surface area (Å²) in [7, 11) is 1.79. The summed E-state index contributed by atoms with van der Waals surface area (Å²) in [6.07, 6.45) is 5.74. The third-order valence-electron chi connectivity index (χ3n) is 5.21. The van der Waals surface area contributed by atoms with Crippen molar-refractivity contribution in [2.45, 2.75) is 25.4 Å². The zero-order chi connectivity index (χ0) is 19.9. The summed E-state index contributed by atoms with van der Waals surface area (Å²) in [6, 6.07) is 12.4. The number of hydrogen-bond acceptors (Lipinski definition) is 5. The summed E-state index contributed by atoms with van der Waals surface area (Å²) < 4.78 is 5.70. The van der Waals surface area contributed by atoms with Gasteiger partial charge in [0.25, 0.3) is 0 Å². The second-order valence-corrected chi connectivity index (χ2v) is 7.12. The molecule has 1 saturated heterocycles. The Morgan fingerprint density at radius 2 is 2.14 bits per heavy atom. The van der Waals surface area contributed by atoms with Crippen LogP contribution in [0.2, 0.25) is 0 Å². The Morgan fingerprint density at radius 3 is 2.86 bits per heavy atom. The topological polar surface area (TPSA) is 94.4 Å². The number of furan rings is 1. The highest BCUT2D eigenvalue weighted by atomic mass is 16.3. The van der Waals surface area contributed by atoms with Gasteiger partial charge in [-0.25, -0.2) is 4.98 Å². The van der Waals surface area contributed by atoms with E-state index < -0.39 is 0 Å². The fourth-order valence-electron chi connectivity index (χ4n) is 3.72. The number of aliphatic imine (C=N–C) groups is 1. The molecule has 3 heterocycles. The normalized spacial score (nSPS) is 16.1. The first-order valence-electron chi connectivity index (χ1n) is 10.00. The number of nitrogens with zero attached hydrogens (tertiary/aromatic N) is 4. The first-order valence-corrected chi connectivity index (χ1v) is 10.00. The number of aromatic amines is 1. The molecule has 0 saturated carbocycles. The Kier molecular flexibility index (Phi) is 6.21. The highest BCUT2D eigenvalue weighted by Gasteiger charge is 2.25. The minimum absolute atomic E-state index is 0.209. The van der Waals surface area contributed by atoms with Gasteiger partial charge in [0, 0.05) is 25.7 Å². The van der Waals surface area contributed by atoms with Crippen molar-refractivity contribution in [1.82, 2.24) is 30.7 Å². The molecule has 2 aromatic heterocycles. The van der Waals surface area contributed by atoms with Crippen molar-refractivity contribution in [3.8, 4) is 11.4 Å². The molecule has 0 bridgehead atoms. The maximum atomic E-state index is 5.70. The average Bonchev–Trinajstić information content (AvgIpc) is 3.54. The quantitative estimate of drug-likeness (QED) is 0.422. The minimum Gasteiger partial charge on any atom is -0.468 e. The number of nitrogens with one attached hydrogen (secondary N) is 3. The van der Waals surface area contributed by atoms with Crippen molar-refractivity contribution in [1.29, 1.82) is 0 Å². The van der Waals surface area contributed by atoms with Crippen LogP contribution in [0, 0.1) is 0 Å². The Balaban J connectivity index is 1.35. The number of benzene rings is 1. The van der Waals surface area contributed by atoms with E-state index in [2.05, 4.69) is 53.9 Å². The van der Waals surface area contributed by atoms with E-state index >= 15 is 0 Å². The molecule has 4 rings (SSSR count). The lowest BCUT2D eigenvalue weighted by Crippen LogP contribution is -2.42. The smallest absolute Gasteiger partial charge is 0.191 e. The van der Waals surface area contributed by atoms with Gasteiger partial charge in [-0.2, -0.15) is 5.10 Å². The van der Waals surface area contributed by atoms with Crippen molar-refractivity contribution < 1.29 is 4.42 Å². The monoisotopic (exact) mass is 393 g/mol. The van der Waals surface area contributed by atoms with Crippen LogP contribution in [-0.2, 0) is 6.54 Å². The molecule has 3 aromatic rings. The SMILES string of the molecule is CN=C(NCc1cccc(-c2ncn[nH]2)c1)NCC(c1ccco1)N1CCCC1. The Labute approximate surface area is 170 Å². The van der Waals surface area contributed by atoms with E-state index in [1.165, 1.54) is 19.2 Å². The van der Waals surface area contributed by atoms with E-state index in [1.807, 2.05) is 18.2 Å². The van der Waals surface area contributed by atoms with Gasteiger partial charge in [-0.15, -0.1) is 0 Å². The average molecular weight is 393 g/mol. The van der Waals surface area contributed by atoms with Crippen LogP contribution in [0.3, 0.4) is 0 Å². The fourth-order valence-corrected chi connectivity index (χ4v) is 3.72. The molecular weight excluding hydrogens is 366 g/mol. The fraction of sp³-hybridized carbons (Fsp3) is 0.381.